The lowest BCUT2D eigenvalue weighted by Gasteiger charge is -2.23. The molecule has 238 valence electrons. The average molecular weight is 598 g/mol. The molecule has 0 saturated carbocycles. The Kier molecular flexibility index (Phi) is 16.3. The van der Waals surface area contributed by atoms with Crippen molar-refractivity contribution in [3.8, 4) is 11.5 Å². The van der Waals surface area contributed by atoms with Gasteiger partial charge in [0.1, 0.15) is 36.6 Å². The van der Waals surface area contributed by atoms with Crippen LogP contribution < -0.4 is 15.2 Å². The summed E-state index contributed by atoms with van der Waals surface area (Å²) in [7, 11) is 0. The highest BCUT2D eigenvalue weighted by Gasteiger charge is 2.26. The molecule has 1 aromatic rings. The van der Waals surface area contributed by atoms with Gasteiger partial charge in [-0.2, -0.15) is 0 Å². The molecule has 0 heterocycles. The zero-order valence-electron chi connectivity index (χ0n) is 26.0. The number of benzene rings is 1. The van der Waals surface area contributed by atoms with Crippen LogP contribution in [-0.2, 0) is 34.9 Å². The van der Waals surface area contributed by atoms with E-state index < -0.39 is 42.7 Å². The molecule has 0 fully saturated rings. The Labute approximate surface area is 248 Å². The molecular weight excluding hydrogens is 550 g/mol. The first kappa shape index (κ1) is 36.5. The summed E-state index contributed by atoms with van der Waals surface area (Å²) in [5.41, 5.74) is 6.57. The number of nitrogens with two attached hydrogens (primary N) is 1. The van der Waals surface area contributed by atoms with Crippen LogP contribution in [0.1, 0.15) is 93.1 Å². The Morgan fingerprint density at radius 3 is 1.69 bits per heavy atom. The van der Waals surface area contributed by atoms with Gasteiger partial charge in [0.05, 0.1) is 0 Å². The molecule has 0 aliphatic carbocycles. The SMILES string of the molecule is CCCC(C)OC(=O)Oc1ccc(C[C@H](N)C(=O)O[C@@H](C)[C@H](C)OC(=O)OC(C)CC)cc1OC(=O)OC(C)CCC. The second-order valence-electron chi connectivity index (χ2n) is 10.3. The van der Waals surface area contributed by atoms with Crippen LogP contribution in [-0.4, -0.2) is 61.0 Å². The van der Waals surface area contributed by atoms with E-state index in [1.807, 2.05) is 20.8 Å². The van der Waals surface area contributed by atoms with E-state index in [2.05, 4.69) is 0 Å². The van der Waals surface area contributed by atoms with Gasteiger partial charge >= 0.3 is 24.4 Å². The number of hydrogen-bond donors (Lipinski definition) is 1. The van der Waals surface area contributed by atoms with E-state index in [9.17, 15) is 19.2 Å². The highest BCUT2D eigenvalue weighted by molar-refractivity contribution is 5.76. The van der Waals surface area contributed by atoms with Crippen molar-refractivity contribution in [1.82, 2.24) is 0 Å². The monoisotopic (exact) mass is 597 g/mol. The van der Waals surface area contributed by atoms with E-state index in [0.29, 0.717) is 24.8 Å². The average Bonchev–Trinajstić information content (AvgIpc) is 2.89. The minimum Gasteiger partial charge on any atom is -0.458 e. The minimum absolute atomic E-state index is 0.00719. The van der Waals surface area contributed by atoms with Crippen molar-refractivity contribution in [2.45, 2.75) is 130 Å². The van der Waals surface area contributed by atoms with Crippen molar-refractivity contribution in [2.75, 3.05) is 0 Å². The van der Waals surface area contributed by atoms with E-state index in [1.54, 1.807) is 40.7 Å². The summed E-state index contributed by atoms with van der Waals surface area (Å²) in [6.07, 6.45) is -1.91. The van der Waals surface area contributed by atoms with E-state index >= 15 is 0 Å². The van der Waals surface area contributed by atoms with Crippen molar-refractivity contribution in [3.05, 3.63) is 23.8 Å². The predicted octanol–water partition coefficient (Wildman–Crippen LogP) is 6.24. The molecule has 0 aliphatic rings. The summed E-state index contributed by atoms with van der Waals surface area (Å²) in [5.74, 6) is -0.929. The van der Waals surface area contributed by atoms with E-state index in [1.165, 1.54) is 12.1 Å². The van der Waals surface area contributed by atoms with Gasteiger partial charge in [-0.05, 0) is 78.0 Å². The van der Waals surface area contributed by atoms with Gasteiger partial charge in [-0.25, -0.2) is 14.4 Å². The lowest BCUT2D eigenvalue weighted by molar-refractivity contribution is -0.155. The maximum Gasteiger partial charge on any atom is 0.514 e. The van der Waals surface area contributed by atoms with Crippen LogP contribution in [0.3, 0.4) is 0 Å². The summed E-state index contributed by atoms with van der Waals surface area (Å²) >= 11 is 0. The van der Waals surface area contributed by atoms with Crippen molar-refractivity contribution < 1.29 is 52.3 Å². The van der Waals surface area contributed by atoms with E-state index in [0.717, 1.165) is 12.8 Å². The third kappa shape index (κ3) is 13.9. The largest absolute Gasteiger partial charge is 0.514 e. The first-order chi connectivity index (χ1) is 19.8. The first-order valence-electron chi connectivity index (χ1n) is 14.5. The fourth-order valence-electron chi connectivity index (χ4n) is 3.56. The third-order valence-corrected chi connectivity index (χ3v) is 6.26. The molecule has 0 aromatic heterocycles. The molecule has 2 N–H and O–H groups in total. The van der Waals surface area contributed by atoms with Gasteiger partial charge in [0.15, 0.2) is 11.5 Å². The Morgan fingerprint density at radius 2 is 1.17 bits per heavy atom. The molecule has 3 unspecified atom stereocenters. The third-order valence-electron chi connectivity index (χ3n) is 6.26. The van der Waals surface area contributed by atoms with Crippen LogP contribution in [0.5, 0.6) is 11.5 Å². The summed E-state index contributed by atoms with van der Waals surface area (Å²) < 4.78 is 36.8. The minimum atomic E-state index is -1.11. The normalized spacial score (nSPS) is 15.2. The molecule has 6 atom stereocenters. The van der Waals surface area contributed by atoms with Gasteiger partial charge in [0, 0.05) is 0 Å². The lowest BCUT2D eigenvalue weighted by atomic mass is 10.1. The number of carbonyl (C=O) groups is 4. The number of ether oxygens (including phenoxy) is 7. The Bertz CT molecular complexity index is 1010. The second kappa shape index (κ2) is 18.8. The van der Waals surface area contributed by atoms with Gasteiger partial charge in [-0.15, -0.1) is 0 Å². The van der Waals surface area contributed by atoms with Crippen LogP contribution in [0.15, 0.2) is 18.2 Å². The quantitative estimate of drug-likeness (QED) is 0.130. The molecular formula is C30H47NO11. The molecule has 12 nitrogen and oxygen atoms in total. The van der Waals surface area contributed by atoms with Crippen LogP contribution in [0.25, 0.3) is 0 Å². The molecule has 0 spiro atoms. The standard InChI is InChI=1S/C30H47NO11/c1-9-12-19(5)37-29(34)41-25-15-14-23(17-26(25)42-30(35)38-20(6)13-10-2)16-24(31)27(32)39-21(7)22(8)40-28(33)36-18(4)11-3/h14-15,17-22,24H,9-13,16,31H2,1-8H3/t18?,19?,20?,21-,22-,24-/m0/s1. The summed E-state index contributed by atoms with van der Waals surface area (Å²) in [6.45, 7) is 14.1. The molecule has 0 amide bonds. The van der Waals surface area contributed by atoms with Gasteiger partial charge < -0.3 is 38.9 Å². The van der Waals surface area contributed by atoms with Crippen molar-refractivity contribution in [3.63, 3.8) is 0 Å². The molecule has 1 rings (SSSR count). The van der Waals surface area contributed by atoms with Crippen molar-refractivity contribution in [2.24, 2.45) is 5.73 Å². The number of rotatable bonds is 16. The molecule has 1 aromatic carbocycles. The van der Waals surface area contributed by atoms with Crippen LogP contribution in [0.2, 0.25) is 0 Å². The zero-order valence-corrected chi connectivity index (χ0v) is 26.0. The molecule has 0 aliphatic heterocycles. The molecule has 42 heavy (non-hydrogen) atoms. The first-order valence-corrected chi connectivity index (χ1v) is 14.5. The maximum atomic E-state index is 12.7. The summed E-state index contributed by atoms with van der Waals surface area (Å²) in [6, 6.07) is 3.27. The van der Waals surface area contributed by atoms with Crippen LogP contribution in [0.4, 0.5) is 14.4 Å². The Morgan fingerprint density at radius 1 is 0.667 bits per heavy atom. The van der Waals surface area contributed by atoms with Crippen molar-refractivity contribution >= 4 is 24.4 Å². The van der Waals surface area contributed by atoms with Gasteiger partial charge in [0.2, 0.25) is 0 Å². The summed E-state index contributed by atoms with van der Waals surface area (Å²) in [4.78, 5) is 49.3. The topological polar surface area (TPSA) is 159 Å². The van der Waals surface area contributed by atoms with Crippen LogP contribution in [0, 0.1) is 0 Å². The zero-order chi connectivity index (χ0) is 31.8. The predicted molar refractivity (Wildman–Crippen MR) is 153 cm³/mol. The molecule has 0 bridgehead atoms. The second-order valence-corrected chi connectivity index (χ2v) is 10.3. The van der Waals surface area contributed by atoms with Crippen LogP contribution >= 0.6 is 0 Å². The fourth-order valence-corrected chi connectivity index (χ4v) is 3.56. The number of carbonyl (C=O) groups excluding carboxylic acids is 4. The van der Waals surface area contributed by atoms with E-state index in [4.69, 9.17) is 38.9 Å². The van der Waals surface area contributed by atoms with Crippen molar-refractivity contribution in [1.29, 1.82) is 0 Å². The lowest BCUT2D eigenvalue weighted by Crippen LogP contribution is -2.39. The number of esters is 1. The Balaban J connectivity index is 2.95. The Hall–Kier alpha value is -3.54. The number of hydrogen-bond acceptors (Lipinski definition) is 12. The van der Waals surface area contributed by atoms with Gasteiger partial charge in [-0.3, -0.25) is 4.79 Å². The highest BCUT2D eigenvalue weighted by atomic mass is 16.8. The molecule has 0 radical (unpaired) electrons. The highest BCUT2D eigenvalue weighted by Crippen LogP contribution is 2.30. The molecule has 0 saturated heterocycles. The maximum absolute atomic E-state index is 12.7. The summed E-state index contributed by atoms with van der Waals surface area (Å²) in [5, 5.41) is 0. The van der Waals surface area contributed by atoms with Gasteiger partial charge in [0.25, 0.3) is 0 Å². The van der Waals surface area contributed by atoms with Gasteiger partial charge in [-0.1, -0.05) is 39.7 Å². The fraction of sp³-hybridized carbons (Fsp3) is 0.667. The molecule has 12 heteroatoms. The van der Waals surface area contributed by atoms with E-state index in [-0.39, 0.29) is 36.2 Å². The smallest absolute Gasteiger partial charge is 0.458 e.